The smallest absolute Gasteiger partial charge is 0.315 e. The Morgan fingerprint density at radius 1 is 1.35 bits per heavy atom. The average molecular weight is 238 g/mol. The van der Waals surface area contributed by atoms with Crippen molar-refractivity contribution >= 4 is 6.01 Å². The monoisotopic (exact) mass is 238 g/mol. The molecular weight excluding hydrogens is 216 g/mol. The van der Waals surface area contributed by atoms with Crippen LogP contribution in [0.5, 0.6) is 0 Å². The lowest BCUT2D eigenvalue weighted by Gasteiger charge is -2.38. The van der Waals surface area contributed by atoms with Crippen LogP contribution in [0.4, 0.5) is 6.01 Å². The van der Waals surface area contributed by atoms with Gasteiger partial charge < -0.3 is 15.1 Å². The predicted octanol–water partition coefficient (Wildman–Crippen LogP) is 2.17. The molecule has 1 heterocycles. The third-order valence-corrected chi connectivity index (χ3v) is 3.36. The first-order chi connectivity index (χ1) is 8.07. The number of aromatic nitrogens is 2. The largest absolute Gasteiger partial charge is 0.407 e. The van der Waals surface area contributed by atoms with Gasteiger partial charge in [0, 0.05) is 12.6 Å². The molecule has 1 fully saturated rings. The van der Waals surface area contributed by atoms with Gasteiger partial charge in [0.1, 0.15) is 0 Å². The number of nitrogens with zero attached hydrogens (tertiary/aromatic N) is 2. The first kappa shape index (κ1) is 12.4. The van der Waals surface area contributed by atoms with Gasteiger partial charge >= 0.3 is 6.01 Å². The van der Waals surface area contributed by atoms with Crippen molar-refractivity contribution in [1.29, 1.82) is 0 Å². The molecule has 0 spiro atoms. The summed E-state index contributed by atoms with van der Waals surface area (Å²) in [6, 6.07) is 0.964. The van der Waals surface area contributed by atoms with Gasteiger partial charge in [-0.3, -0.25) is 0 Å². The molecule has 2 rings (SSSR count). The highest BCUT2D eigenvalue weighted by Crippen LogP contribution is 2.40. The SMILES string of the molecule is CC(C)NCc1nnc(NCC2(C)CCC2)o1. The number of hydrogen-bond acceptors (Lipinski definition) is 5. The molecule has 0 bridgehead atoms. The van der Waals surface area contributed by atoms with E-state index in [4.69, 9.17) is 4.42 Å². The molecule has 1 saturated carbocycles. The van der Waals surface area contributed by atoms with Crippen LogP contribution in [0, 0.1) is 5.41 Å². The highest BCUT2D eigenvalue weighted by molar-refractivity contribution is 5.18. The minimum atomic E-state index is 0.421. The third kappa shape index (κ3) is 3.43. The summed E-state index contributed by atoms with van der Waals surface area (Å²) in [6.07, 6.45) is 3.91. The van der Waals surface area contributed by atoms with Crippen molar-refractivity contribution in [1.82, 2.24) is 15.5 Å². The molecule has 5 nitrogen and oxygen atoms in total. The van der Waals surface area contributed by atoms with Gasteiger partial charge in [0.15, 0.2) is 0 Å². The zero-order valence-electron chi connectivity index (χ0n) is 10.9. The van der Waals surface area contributed by atoms with Crippen LogP contribution in [0.25, 0.3) is 0 Å². The van der Waals surface area contributed by atoms with E-state index in [2.05, 4.69) is 41.6 Å². The molecule has 0 saturated heterocycles. The summed E-state index contributed by atoms with van der Waals surface area (Å²) < 4.78 is 5.50. The Morgan fingerprint density at radius 3 is 2.71 bits per heavy atom. The molecule has 5 heteroatoms. The molecule has 1 aromatic heterocycles. The molecule has 1 aromatic rings. The van der Waals surface area contributed by atoms with Crippen LogP contribution >= 0.6 is 0 Å². The number of rotatable bonds is 6. The van der Waals surface area contributed by atoms with Crippen LogP contribution in [0.15, 0.2) is 4.42 Å². The van der Waals surface area contributed by atoms with Crippen LogP contribution in [-0.4, -0.2) is 22.8 Å². The summed E-state index contributed by atoms with van der Waals surface area (Å²) in [7, 11) is 0. The summed E-state index contributed by atoms with van der Waals surface area (Å²) in [6.45, 7) is 8.02. The van der Waals surface area contributed by atoms with E-state index >= 15 is 0 Å². The Balaban J connectivity index is 1.77. The topological polar surface area (TPSA) is 63.0 Å². The minimum Gasteiger partial charge on any atom is -0.407 e. The van der Waals surface area contributed by atoms with Crippen LogP contribution in [-0.2, 0) is 6.54 Å². The Hall–Kier alpha value is -1.10. The maximum Gasteiger partial charge on any atom is 0.315 e. The lowest BCUT2D eigenvalue weighted by atomic mass is 9.70. The second-order valence-electron chi connectivity index (χ2n) is 5.55. The Kier molecular flexibility index (Phi) is 3.66. The zero-order chi connectivity index (χ0) is 12.3. The third-order valence-electron chi connectivity index (χ3n) is 3.36. The standard InChI is InChI=1S/C12H22N4O/c1-9(2)13-7-10-15-16-11(17-10)14-8-12(3)5-4-6-12/h9,13H,4-8H2,1-3H3,(H,14,16). The number of anilines is 1. The maximum absolute atomic E-state index is 5.50. The number of nitrogens with one attached hydrogen (secondary N) is 2. The molecule has 0 unspecified atom stereocenters. The van der Waals surface area contributed by atoms with E-state index < -0.39 is 0 Å². The Morgan fingerprint density at radius 2 is 2.12 bits per heavy atom. The average Bonchev–Trinajstić information content (AvgIpc) is 2.69. The second kappa shape index (κ2) is 5.04. The van der Waals surface area contributed by atoms with E-state index in [1.807, 2.05) is 0 Å². The highest BCUT2D eigenvalue weighted by Gasteiger charge is 2.31. The van der Waals surface area contributed by atoms with Gasteiger partial charge in [0.2, 0.25) is 5.89 Å². The molecule has 96 valence electrons. The van der Waals surface area contributed by atoms with Crippen molar-refractivity contribution < 1.29 is 4.42 Å². The fourth-order valence-electron chi connectivity index (χ4n) is 1.93. The fourth-order valence-corrected chi connectivity index (χ4v) is 1.93. The quantitative estimate of drug-likeness (QED) is 0.795. The van der Waals surface area contributed by atoms with Gasteiger partial charge in [-0.1, -0.05) is 32.3 Å². The van der Waals surface area contributed by atoms with Gasteiger partial charge in [-0.15, -0.1) is 5.10 Å². The van der Waals surface area contributed by atoms with E-state index in [0.717, 1.165) is 6.54 Å². The predicted molar refractivity (Wildman–Crippen MR) is 66.7 cm³/mol. The van der Waals surface area contributed by atoms with Gasteiger partial charge in [0.05, 0.1) is 6.54 Å². The van der Waals surface area contributed by atoms with Crippen molar-refractivity contribution in [3.8, 4) is 0 Å². The lowest BCUT2D eigenvalue weighted by molar-refractivity contribution is 0.178. The van der Waals surface area contributed by atoms with Crippen molar-refractivity contribution in [2.45, 2.75) is 52.6 Å². The zero-order valence-corrected chi connectivity index (χ0v) is 10.9. The van der Waals surface area contributed by atoms with E-state index in [9.17, 15) is 0 Å². The van der Waals surface area contributed by atoms with Crippen LogP contribution in [0.3, 0.4) is 0 Å². The number of hydrogen-bond donors (Lipinski definition) is 2. The molecule has 1 aliphatic rings. The molecule has 0 aromatic carbocycles. The van der Waals surface area contributed by atoms with Crippen LogP contribution in [0.2, 0.25) is 0 Å². The van der Waals surface area contributed by atoms with Crippen LogP contribution < -0.4 is 10.6 Å². The van der Waals surface area contributed by atoms with Crippen molar-refractivity contribution in [2.75, 3.05) is 11.9 Å². The maximum atomic E-state index is 5.50. The Bertz CT molecular complexity index is 357. The van der Waals surface area contributed by atoms with Gasteiger partial charge in [-0.05, 0) is 18.3 Å². The first-order valence-electron chi connectivity index (χ1n) is 6.37. The summed E-state index contributed by atoms with van der Waals surface area (Å²) in [5.41, 5.74) is 0.421. The molecular formula is C12H22N4O. The summed E-state index contributed by atoms with van der Waals surface area (Å²) in [4.78, 5) is 0. The molecule has 0 atom stereocenters. The normalized spacial score (nSPS) is 18.1. The summed E-state index contributed by atoms with van der Waals surface area (Å²) in [5, 5.41) is 14.5. The first-order valence-corrected chi connectivity index (χ1v) is 6.37. The molecule has 0 radical (unpaired) electrons. The molecule has 17 heavy (non-hydrogen) atoms. The van der Waals surface area contributed by atoms with Crippen molar-refractivity contribution in [2.24, 2.45) is 5.41 Å². The summed E-state index contributed by atoms with van der Waals surface area (Å²) >= 11 is 0. The van der Waals surface area contributed by atoms with Gasteiger partial charge in [0.25, 0.3) is 0 Å². The molecule has 0 aliphatic heterocycles. The van der Waals surface area contributed by atoms with Crippen molar-refractivity contribution in [3.63, 3.8) is 0 Å². The fraction of sp³-hybridized carbons (Fsp3) is 0.833. The van der Waals surface area contributed by atoms with E-state index in [1.165, 1.54) is 19.3 Å². The van der Waals surface area contributed by atoms with Crippen molar-refractivity contribution in [3.05, 3.63) is 5.89 Å². The van der Waals surface area contributed by atoms with Gasteiger partial charge in [-0.25, -0.2) is 0 Å². The second-order valence-corrected chi connectivity index (χ2v) is 5.55. The van der Waals surface area contributed by atoms with Gasteiger partial charge in [-0.2, -0.15) is 0 Å². The Labute approximate surface area is 102 Å². The van der Waals surface area contributed by atoms with E-state index in [0.29, 0.717) is 29.9 Å². The molecule has 2 N–H and O–H groups in total. The van der Waals surface area contributed by atoms with E-state index in [-0.39, 0.29) is 0 Å². The minimum absolute atomic E-state index is 0.421. The lowest BCUT2D eigenvalue weighted by Crippen LogP contribution is -2.33. The van der Waals surface area contributed by atoms with E-state index in [1.54, 1.807) is 0 Å². The summed E-state index contributed by atoms with van der Waals surface area (Å²) in [5.74, 6) is 0.639. The molecule has 0 amide bonds. The molecule has 1 aliphatic carbocycles. The van der Waals surface area contributed by atoms with Crippen LogP contribution in [0.1, 0.15) is 45.9 Å². The highest BCUT2D eigenvalue weighted by atomic mass is 16.4.